The Balaban J connectivity index is 1.71. The van der Waals surface area contributed by atoms with Gasteiger partial charge in [-0.2, -0.15) is 0 Å². The van der Waals surface area contributed by atoms with Gasteiger partial charge in [-0.15, -0.1) is 0 Å². The van der Waals surface area contributed by atoms with Crippen molar-refractivity contribution in [1.82, 2.24) is 10.6 Å². The lowest BCUT2D eigenvalue weighted by Gasteiger charge is -2.06. The van der Waals surface area contributed by atoms with Gasteiger partial charge in [0.2, 0.25) is 5.91 Å². The quantitative estimate of drug-likeness (QED) is 0.859. The number of halogens is 1. The lowest BCUT2D eigenvalue weighted by molar-refractivity contribution is -0.121. The largest absolute Gasteiger partial charge is 0.466 e. The van der Waals surface area contributed by atoms with Crippen LogP contribution in [0.3, 0.4) is 0 Å². The Morgan fingerprint density at radius 1 is 1.13 bits per heavy atom. The van der Waals surface area contributed by atoms with E-state index in [1.54, 1.807) is 32.0 Å². The third-order valence-corrected chi connectivity index (χ3v) is 3.33. The number of nitrogens with one attached hydrogen (secondary N) is 2. The number of benzene rings is 1. The van der Waals surface area contributed by atoms with Crippen LogP contribution in [0.4, 0.5) is 4.39 Å². The van der Waals surface area contributed by atoms with Crippen molar-refractivity contribution in [3.63, 3.8) is 0 Å². The zero-order valence-electron chi connectivity index (χ0n) is 13.1. The van der Waals surface area contributed by atoms with Gasteiger partial charge >= 0.3 is 0 Å². The number of aryl methyl sites for hydroxylation is 2. The average molecular weight is 318 g/mol. The number of hydrogen-bond donors (Lipinski definition) is 2. The molecule has 1 aromatic carbocycles. The molecule has 0 unspecified atom stereocenters. The second-order valence-corrected chi connectivity index (χ2v) is 5.24. The maximum atomic E-state index is 12.8. The summed E-state index contributed by atoms with van der Waals surface area (Å²) in [6, 6.07) is 7.58. The van der Waals surface area contributed by atoms with Gasteiger partial charge in [-0.25, -0.2) is 4.39 Å². The van der Waals surface area contributed by atoms with E-state index >= 15 is 0 Å². The molecule has 0 radical (unpaired) electrons. The minimum absolute atomic E-state index is 0.169. The van der Waals surface area contributed by atoms with E-state index in [0.717, 1.165) is 5.56 Å². The minimum Gasteiger partial charge on any atom is -0.466 e. The number of hydrogen-bond acceptors (Lipinski definition) is 3. The number of carbonyl (C=O) groups excluding carboxylic acids is 2. The molecule has 0 aliphatic rings. The summed E-state index contributed by atoms with van der Waals surface area (Å²) in [4.78, 5) is 23.7. The fourth-order valence-corrected chi connectivity index (χ4v) is 2.13. The predicted octanol–water partition coefficient (Wildman–Crippen LogP) is 2.47. The molecule has 0 aliphatic carbocycles. The Hall–Kier alpha value is -2.63. The molecule has 0 spiro atoms. The van der Waals surface area contributed by atoms with Gasteiger partial charge in [0.1, 0.15) is 17.3 Å². The summed E-state index contributed by atoms with van der Waals surface area (Å²) < 4.78 is 18.1. The van der Waals surface area contributed by atoms with E-state index in [1.165, 1.54) is 12.1 Å². The first kappa shape index (κ1) is 16.7. The van der Waals surface area contributed by atoms with Crippen molar-refractivity contribution in [2.45, 2.75) is 26.8 Å². The lowest BCUT2D eigenvalue weighted by Crippen LogP contribution is -2.30. The summed E-state index contributed by atoms with van der Waals surface area (Å²) in [5, 5.41) is 5.40. The van der Waals surface area contributed by atoms with Crippen molar-refractivity contribution >= 4 is 11.8 Å². The lowest BCUT2D eigenvalue weighted by atomic mass is 10.2. The smallest absolute Gasteiger partial charge is 0.254 e. The molecule has 0 saturated carbocycles. The number of carbonyl (C=O) groups is 2. The third-order valence-electron chi connectivity index (χ3n) is 3.33. The summed E-state index contributed by atoms with van der Waals surface area (Å²) >= 11 is 0. The van der Waals surface area contributed by atoms with E-state index in [2.05, 4.69) is 10.6 Å². The molecule has 2 rings (SSSR count). The Morgan fingerprint density at radius 2 is 1.83 bits per heavy atom. The highest BCUT2D eigenvalue weighted by Gasteiger charge is 2.13. The first-order valence-corrected chi connectivity index (χ1v) is 7.32. The van der Waals surface area contributed by atoms with Gasteiger partial charge in [0.05, 0.1) is 5.56 Å². The zero-order valence-corrected chi connectivity index (χ0v) is 13.1. The Kier molecular flexibility index (Phi) is 5.51. The highest BCUT2D eigenvalue weighted by molar-refractivity contribution is 5.95. The van der Waals surface area contributed by atoms with Crippen molar-refractivity contribution < 1.29 is 18.4 Å². The van der Waals surface area contributed by atoms with Gasteiger partial charge in [0.15, 0.2) is 0 Å². The van der Waals surface area contributed by atoms with Crippen LogP contribution in [-0.4, -0.2) is 18.4 Å². The van der Waals surface area contributed by atoms with Gasteiger partial charge in [-0.3, -0.25) is 9.59 Å². The predicted molar refractivity (Wildman–Crippen MR) is 83.4 cm³/mol. The number of amides is 2. The molecule has 0 atom stereocenters. The summed E-state index contributed by atoms with van der Waals surface area (Å²) in [6.07, 6.45) is 0.169. The molecule has 23 heavy (non-hydrogen) atoms. The van der Waals surface area contributed by atoms with Crippen LogP contribution >= 0.6 is 0 Å². The first-order valence-electron chi connectivity index (χ1n) is 7.32. The Morgan fingerprint density at radius 3 is 2.43 bits per heavy atom. The molecule has 2 aromatic rings. The molecule has 1 aromatic heterocycles. The second-order valence-electron chi connectivity index (χ2n) is 5.24. The van der Waals surface area contributed by atoms with Crippen molar-refractivity contribution in [3.8, 4) is 0 Å². The molecule has 122 valence electrons. The molecule has 0 aliphatic heterocycles. The highest BCUT2D eigenvalue weighted by Crippen LogP contribution is 2.13. The molecule has 1 heterocycles. The molecule has 0 bridgehead atoms. The van der Waals surface area contributed by atoms with Crippen molar-refractivity contribution in [2.24, 2.45) is 0 Å². The molecule has 0 saturated heterocycles. The molecular weight excluding hydrogens is 299 g/mol. The van der Waals surface area contributed by atoms with Crippen LogP contribution in [0, 0.1) is 19.7 Å². The van der Waals surface area contributed by atoms with Gasteiger partial charge in [-0.05, 0) is 37.6 Å². The number of rotatable bonds is 6. The zero-order chi connectivity index (χ0) is 16.8. The van der Waals surface area contributed by atoms with Gasteiger partial charge in [0.25, 0.3) is 5.91 Å². The van der Waals surface area contributed by atoms with E-state index < -0.39 is 0 Å². The molecule has 2 amide bonds. The molecule has 6 heteroatoms. The summed E-state index contributed by atoms with van der Waals surface area (Å²) in [6.45, 7) is 4.05. The summed E-state index contributed by atoms with van der Waals surface area (Å²) in [5.41, 5.74) is 1.29. The van der Waals surface area contributed by atoms with Crippen molar-refractivity contribution in [1.29, 1.82) is 0 Å². The summed E-state index contributed by atoms with van der Waals surface area (Å²) in [5.74, 6) is 0.471. The van der Waals surface area contributed by atoms with Gasteiger partial charge in [-0.1, -0.05) is 12.1 Å². The van der Waals surface area contributed by atoms with Crippen LogP contribution in [-0.2, 0) is 11.3 Å². The van der Waals surface area contributed by atoms with Crippen LogP contribution in [0.2, 0.25) is 0 Å². The Bertz CT molecular complexity index is 692. The standard InChI is InChI=1S/C17H19FN2O3/c1-11-9-15(12(2)23-11)17(22)19-8-7-16(21)20-10-13-3-5-14(18)6-4-13/h3-6,9H,7-8,10H2,1-2H3,(H,19,22)(H,20,21). The normalized spacial score (nSPS) is 10.4. The van der Waals surface area contributed by atoms with Gasteiger partial charge in [0, 0.05) is 19.5 Å². The molecule has 0 fully saturated rings. The van der Waals surface area contributed by atoms with Crippen molar-refractivity contribution in [2.75, 3.05) is 6.54 Å². The van der Waals surface area contributed by atoms with Crippen LogP contribution < -0.4 is 10.6 Å². The molecule has 5 nitrogen and oxygen atoms in total. The van der Waals surface area contributed by atoms with E-state index in [9.17, 15) is 14.0 Å². The Labute approximate surface area is 133 Å². The second kappa shape index (κ2) is 7.58. The summed E-state index contributed by atoms with van der Waals surface area (Å²) in [7, 11) is 0. The fourth-order valence-electron chi connectivity index (χ4n) is 2.13. The maximum Gasteiger partial charge on any atom is 0.254 e. The van der Waals surface area contributed by atoms with Crippen molar-refractivity contribution in [3.05, 3.63) is 58.8 Å². The monoisotopic (exact) mass is 318 g/mol. The fraction of sp³-hybridized carbons (Fsp3) is 0.294. The van der Waals surface area contributed by atoms with Gasteiger partial charge < -0.3 is 15.1 Å². The third kappa shape index (κ3) is 4.95. The molecular formula is C17H19FN2O3. The SMILES string of the molecule is Cc1cc(C(=O)NCCC(=O)NCc2ccc(F)cc2)c(C)o1. The van der Waals surface area contributed by atoms with Crippen LogP contribution in [0.25, 0.3) is 0 Å². The maximum absolute atomic E-state index is 12.8. The minimum atomic E-state index is -0.312. The van der Waals surface area contributed by atoms with E-state index in [4.69, 9.17) is 4.42 Å². The van der Waals surface area contributed by atoms with Crippen LogP contribution in [0.1, 0.15) is 33.9 Å². The first-order chi connectivity index (χ1) is 11.0. The van der Waals surface area contributed by atoms with Crippen LogP contribution in [0.5, 0.6) is 0 Å². The average Bonchev–Trinajstić information content (AvgIpc) is 2.85. The van der Waals surface area contributed by atoms with E-state index in [-0.39, 0.29) is 30.6 Å². The topological polar surface area (TPSA) is 71.3 Å². The number of furan rings is 1. The van der Waals surface area contributed by atoms with E-state index in [1.807, 2.05) is 0 Å². The van der Waals surface area contributed by atoms with E-state index in [0.29, 0.717) is 23.6 Å². The van der Waals surface area contributed by atoms with Crippen LogP contribution in [0.15, 0.2) is 34.7 Å². The molecule has 2 N–H and O–H groups in total. The highest BCUT2D eigenvalue weighted by atomic mass is 19.1.